The predicted molar refractivity (Wildman–Crippen MR) is 215 cm³/mol. The lowest BCUT2D eigenvalue weighted by molar-refractivity contribution is 0.0888. The van der Waals surface area contributed by atoms with Crippen LogP contribution in [0.2, 0.25) is 5.02 Å². The number of anilines is 1. The number of piperidine rings is 1. The van der Waals surface area contributed by atoms with E-state index in [1.54, 1.807) is 35.6 Å². The number of nitrogens with one attached hydrogen (secondary N) is 1. The van der Waals surface area contributed by atoms with Crippen molar-refractivity contribution in [2.75, 3.05) is 18.0 Å². The minimum absolute atomic E-state index is 0.0407. The average molecular weight is 774 g/mol. The van der Waals surface area contributed by atoms with Gasteiger partial charge in [-0.25, -0.2) is 0 Å². The molecule has 0 spiro atoms. The van der Waals surface area contributed by atoms with Crippen LogP contribution in [0.25, 0.3) is 5.00 Å². The van der Waals surface area contributed by atoms with Gasteiger partial charge in [0.1, 0.15) is 28.7 Å². The molecule has 3 aromatic heterocycles. The van der Waals surface area contributed by atoms with Crippen molar-refractivity contribution in [3.8, 4) is 16.8 Å². The molecule has 13 heteroatoms. The number of fused-ring (bicyclic) bond motifs is 3. The third-order valence-electron chi connectivity index (χ3n) is 11.3. The molecule has 1 saturated carbocycles. The third kappa shape index (κ3) is 7.60. The number of aliphatic imine (C=N–C) groups is 1. The minimum atomic E-state index is -0.192. The average Bonchev–Trinajstić information content (AvgIpc) is 3.68. The van der Waals surface area contributed by atoms with Gasteiger partial charge >= 0.3 is 0 Å². The van der Waals surface area contributed by atoms with Crippen LogP contribution in [0.15, 0.2) is 59.6 Å². The number of aryl methyl sites for hydroxylation is 2. The molecule has 1 saturated heterocycles. The van der Waals surface area contributed by atoms with E-state index in [0.717, 1.165) is 91.7 Å². The summed E-state index contributed by atoms with van der Waals surface area (Å²) in [7, 11) is 0. The fourth-order valence-corrected chi connectivity index (χ4v) is 9.45. The van der Waals surface area contributed by atoms with Crippen molar-refractivity contribution >= 4 is 40.2 Å². The molecule has 0 radical (unpaired) electrons. The summed E-state index contributed by atoms with van der Waals surface area (Å²) in [6, 6.07) is 19.8. The van der Waals surface area contributed by atoms with Crippen molar-refractivity contribution in [2.24, 2.45) is 10.9 Å². The lowest BCUT2D eigenvalue weighted by Crippen LogP contribution is -2.40. The highest BCUT2D eigenvalue weighted by Crippen LogP contribution is 2.39. The highest BCUT2D eigenvalue weighted by Gasteiger charge is 2.30. The Bertz CT molecular complexity index is 2280. The van der Waals surface area contributed by atoms with Crippen molar-refractivity contribution in [3.05, 3.63) is 110 Å². The number of halogens is 1. The molecule has 55 heavy (non-hydrogen) atoms. The first-order chi connectivity index (χ1) is 26.6. The highest BCUT2D eigenvalue weighted by molar-refractivity contribution is 7.15. The zero-order valence-electron chi connectivity index (χ0n) is 31.5. The van der Waals surface area contributed by atoms with Crippen molar-refractivity contribution in [2.45, 2.75) is 90.8 Å². The van der Waals surface area contributed by atoms with E-state index in [4.69, 9.17) is 26.6 Å². The maximum absolute atomic E-state index is 13.0. The second-order valence-electron chi connectivity index (χ2n) is 15.0. The van der Waals surface area contributed by atoms with E-state index >= 15 is 0 Å². The summed E-state index contributed by atoms with van der Waals surface area (Å²) in [6.07, 6.45) is 6.27. The Labute approximate surface area is 330 Å². The number of nitrogens with zero attached hydrogens (tertiary/aromatic N) is 8. The molecule has 5 heterocycles. The van der Waals surface area contributed by atoms with Gasteiger partial charge in [-0.1, -0.05) is 23.7 Å². The van der Waals surface area contributed by atoms with E-state index in [2.05, 4.69) is 86.3 Å². The van der Waals surface area contributed by atoms with E-state index < -0.39 is 0 Å². The Kier molecular flexibility index (Phi) is 10.4. The molecule has 1 aliphatic carbocycles. The van der Waals surface area contributed by atoms with Gasteiger partial charge in [-0.05, 0) is 121 Å². The fourth-order valence-electron chi connectivity index (χ4n) is 8.03. The van der Waals surface area contributed by atoms with Crippen molar-refractivity contribution in [1.82, 2.24) is 30.3 Å². The quantitative estimate of drug-likeness (QED) is 0.167. The van der Waals surface area contributed by atoms with Gasteiger partial charge in [0.25, 0.3) is 5.91 Å². The molecule has 0 bridgehead atoms. The number of hydrogen-bond acceptors (Lipinski definition) is 10. The van der Waals surface area contributed by atoms with Crippen LogP contribution in [0.4, 0.5) is 5.69 Å². The van der Waals surface area contributed by atoms with Crippen LogP contribution < -0.4 is 15.0 Å². The van der Waals surface area contributed by atoms with E-state index in [9.17, 15) is 4.79 Å². The molecule has 1 atom stereocenters. The van der Waals surface area contributed by atoms with Gasteiger partial charge in [0.2, 0.25) is 0 Å². The molecule has 3 aliphatic rings. The lowest BCUT2D eigenvalue weighted by atomic mass is 9.91. The van der Waals surface area contributed by atoms with E-state index in [1.165, 1.54) is 21.7 Å². The second kappa shape index (κ2) is 15.6. The van der Waals surface area contributed by atoms with Gasteiger partial charge < -0.3 is 15.0 Å². The first kappa shape index (κ1) is 36.8. The fraction of sp³-hybridized carbons (Fsp3) is 0.405. The zero-order valence-corrected chi connectivity index (χ0v) is 33.1. The van der Waals surface area contributed by atoms with Crippen LogP contribution >= 0.6 is 22.9 Å². The number of rotatable bonds is 8. The Morgan fingerprint density at radius 2 is 1.73 bits per heavy atom. The molecule has 1 amide bonds. The highest BCUT2D eigenvalue weighted by atomic mass is 35.5. The van der Waals surface area contributed by atoms with E-state index in [0.29, 0.717) is 27.9 Å². The number of aromatic nitrogens is 5. The third-order valence-corrected chi connectivity index (χ3v) is 12.8. The van der Waals surface area contributed by atoms with Crippen LogP contribution in [0, 0.1) is 38.0 Å². The number of nitriles is 1. The zero-order chi connectivity index (χ0) is 38.2. The summed E-state index contributed by atoms with van der Waals surface area (Å²) in [5.41, 5.74) is 7.49. The molecule has 2 fully saturated rings. The summed E-state index contributed by atoms with van der Waals surface area (Å²) in [5.74, 6) is 2.74. The van der Waals surface area contributed by atoms with Crippen LogP contribution in [0.1, 0.15) is 106 Å². The number of benzene rings is 2. The van der Waals surface area contributed by atoms with Crippen LogP contribution in [0.5, 0.6) is 5.75 Å². The molecule has 0 unspecified atom stereocenters. The summed E-state index contributed by atoms with van der Waals surface area (Å²) >= 11 is 7.94. The molecular weight excluding hydrogens is 730 g/mol. The summed E-state index contributed by atoms with van der Waals surface area (Å²) < 4.78 is 8.27. The Morgan fingerprint density at radius 1 is 0.964 bits per heavy atom. The molecule has 1 N–H and O–H groups in total. The maximum atomic E-state index is 13.0. The largest absolute Gasteiger partial charge is 0.490 e. The van der Waals surface area contributed by atoms with Gasteiger partial charge in [0, 0.05) is 46.9 Å². The number of hydrogen-bond donors (Lipinski definition) is 1. The number of amides is 1. The van der Waals surface area contributed by atoms with Gasteiger partial charge in [-0.15, -0.1) is 26.6 Å². The predicted octanol–water partition coefficient (Wildman–Crippen LogP) is 8.06. The first-order valence-electron chi connectivity index (χ1n) is 19.1. The summed E-state index contributed by atoms with van der Waals surface area (Å²) in [5, 5.41) is 31.4. The molecule has 5 aromatic rings. The van der Waals surface area contributed by atoms with Crippen LogP contribution in [0.3, 0.4) is 0 Å². The standard InChI is InChI=1S/C42H44ClN9O2S/c1-24-26(3)55-42-38(24)39(45-25(2)40-50-47-27(4)52(40)42)29-5-11-33(12-6-29)51-19-17-28(18-20-51)21-32-10-16-37(49-48-32)41(53)46-31-8-14-34(15-9-31)54-35-13-7-30(23-44)36(43)22-35/h5-7,10-13,16,22,25,28,31,34H,8-9,14-15,17-21H2,1-4H3,(H,46,53)/t25-,31?,34?/m0/s1. The van der Waals surface area contributed by atoms with Crippen LogP contribution in [-0.2, 0) is 6.42 Å². The number of thiophene rings is 1. The maximum Gasteiger partial charge on any atom is 0.272 e. The van der Waals surface area contributed by atoms with Crippen molar-refractivity contribution in [1.29, 1.82) is 5.26 Å². The van der Waals surface area contributed by atoms with Gasteiger partial charge in [0.05, 0.1) is 28.1 Å². The Balaban J connectivity index is 0.819. The van der Waals surface area contributed by atoms with Gasteiger partial charge in [-0.3, -0.25) is 14.4 Å². The SMILES string of the molecule is Cc1sc2c(c1C)C(c1ccc(N3CCC(Cc4ccc(C(=O)NC5CCC(Oc6ccc(C#N)c(Cl)c6)CC5)nn4)CC3)cc1)=N[C@@H](C)c1nnc(C)n1-2. The normalized spacial score (nSPS) is 19.8. The van der Waals surface area contributed by atoms with E-state index in [1.807, 2.05) is 13.0 Å². The topological polar surface area (TPSA) is 134 Å². The number of ether oxygens (including phenoxy) is 1. The number of carbonyl (C=O) groups is 1. The lowest BCUT2D eigenvalue weighted by Gasteiger charge is -2.33. The minimum Gasteiger partial charge on any atom is -0.490 e. The second-order valence-corrected chi connectivity index (χ2v) is 16.6. The first-order valence-corrected chi connectivity index (χ1v) is 20.3. The van der Waals surface area contributed by atoms with Crippen molar-refractivity contribution in [3.63, 3.8) is 0 Å². The van der Waals surface area contributed by atoms with Crippen LogP contribution in [-0.4, -0.2) is 61.8 Å². The van der Waals surface area contributed by atoms with Gasteiger partial charge in [0.15, 0.2) is 11.5 Å². The molecule has 2 aliphatic heterocycles. The molecule has 11 nitrogen and oxygen atoms in total. The van der Waals surface area contributed by atoms with Gasteiger partial charge in [-0.2, -0.15) is 10.4 Å². The Morgan fingerprint density at radius 3 is 2.42 bits per heavy atom. The Hall–Kier alpha value is -5.12. The molecule has 282 valence electrons. The van der Waals surface area contributed by atoms with E-state index in [-0.39, 0.29) is 24.1 Å². The van der Waals surface area contributed by atoms with Crippen molar-refractivity contribution < 1.29 is 9.53 Å². The summed E-state index contributed by atoms with van der Waals surface area (Å²) in [4.78, 5) is 22.0. The molecular formula is C42H44ClN9O2S. The number of carbonyl (C=O) groups excluding carboxylic acids is 1. The molecule has 2 aromatic carbocycles. The monoisotopic (exact) mass is 773 g/mol. The molecule has 8 rings (SSSR count). The smallest absolute Gasteiger partial charge is 0.272 e. The summed E-state index contributed by atoms with van der Waals surface area (Å²) in [6.45, 7) is 10.4.